The molecule has 2 atom stereocenters. The Bertz CT molecular complexity index is 480. The summed E-state index contributed by atoms with van der Waals surface area (Å²) in [6.07, 6.45) is 1.76. The van der Waals surface area contributed by atoms with Crippen molar-refractivity contribution < 1.29 is 13.4 Å². The number of hydrogen-bond acceptors (Lipinski definition) is 3. The summed E-state index contributed by atoms with van der Waals surface area (Å²) in [5.74, 6) is -0.327. The first-order chi connectivity index (χ1) is 8.95. The molecule has 0 aliphatic carbocycles. The van der Waals surface area contributed by atoms with Crippen molar-refractivity contribution in [1.29, 1.82) is 0 Å². The molecule has 1 rings (SSSR count). The molecule has 0 spiro atoms. The molecule has 0 fully saturated rings. The molecule has 0 aliphatic heterocycles. The molecule has 0 saturated heterocycles. The molecule has 1 aromatic rings. The van der Waals surface area contributed by atoms with Gasteiger partial charge in [-0.2, -0.15) is 0 Å². The van der Waals surface area contributed by atoms with Crippen molar-refractivity contribution in [3.05, 3.63) is 24.0 Å². The molecule has 4 nitrogen and oxygen atoms in total. The van der Waals surface area contributed by atoms with Gasteiger partial charge in [-0.25, -0.2) is 4.39 Å². The van der Waals surface area contributed by atoms with Crippen LogP contribution in [0, 0.1) is 5.82 Å². The third kappa shape index (κ3) is 4.63. The van der Waals surface area contributed by atoms with E-state index in [2.05, 4.69) is 5.32 Å². The minimum atomic E-state index is -1.21. The lowest BCUT2D eigenvalue weighted by molar-refractivity contribution is -0.115. The minimum absolute atomic E-state index is 0.153. The van der Waals surface area contributed by atoms with Crippen molar-refractivity contribution in [2.75, 3.05) is 16.8 Å². The third-order valence-electron chi connectivity index (χ3n) is 2.73. The summed E-state index contributed by atoms with van der Waals surface area (Å²) in [6.45, 7) is 3.61. The van der Waals surface area contributed by atoms with Crippen LogP contribution in [0.5, 0.6) is 0 Å². The van der Waals surface area contributed by atoms with Gasteiger partial charge in [-0.05, 0) is 31.5 Å². The van der Waals surface area contributed by atoms with E-state index in [4.69, 9.17) is 5.73 Å². The molecule has 1 aromatic carbocycles. The smallest absolute Gasteiger partial charge is 0.239 e. The molecule has 0 heterocycles. The second-order valence-electron chi connectivity index (χ2n) is 4.30. The zero-order valence-corrected chi connectivity index (χ0v) is 11.9. The second-order valence-corrected chi connectivity index (χ2v) is 6.18. The standard InChI is InChI=1S/C13H19FN2O2S/c1-3-4-7-19(18)9(2)13(17)16-12-6-5-10(14)8-11(12)15/h5-6,8-9H,3-4,7,15H2,1-2H3,(H,16,17). The maximum Gasteiger partial charge on any atom is 0.239 e. The summed E-state index contributed by atoms with van der Waals surface area (Å²) in [6, 6.07) is 3.74. The fraction of sp³-hybridized carbons (Fsp3) is 0.462. The second kappa shape index (κ2) is 7.23. The van der Waals surface area contributed by atoms with Gasteiger partial charge in [0.25, 0.3) is 0 Å². The van der Waals surface area contributed by atoms with E-state index in [0.717, 1.165) is 18.9 Å². The number of nitrogens with two attached hydrogens (primary N) is 1. The topological polar surface area (TPSA) is 72.2 Å². The van der Waals surface area contributed by atoms with Gasteiger partial charge in [-0.1, -0.05) is 13.3 Å². The van der Waals surface area contributed by atoms with E-state index in [1.807, 2.05) is 6.92 Å². The molecular formula is C13H19FN2O2S. The summed E-state index contributed by atoms with van der Waals surface area (Å²) >= 11 is 0. The van der Waals surface area contributed by atoms with Crippen molar-refractivity contribution in [3.63, 3.8) is 0 Å². The summed E-state index contributed by atoms with van der Waals surface area (Å²) < 4.78 is 24.7. The van der Waals surface area contributed by atoms with E-state index in [9.17, 15) is 13.4 Å². The Labute approximate surface area is 115 Å². The monoisotopic (exact) mass is 286 g/mol. The first kappa shape index (κ1) is 15.6. The van der Waals surface area contributed by atoms with Gasteiger partial charge >= 0.3 is 0 Å². The molecule has 106 valence electrons. The van der Waals surface area contributed by atoms with Crippen molar-refractivity contribution >= 4 is 28.1 Å². The largest absolute Gasteiger partial charge is 0.397 e. The van der Waals surface area contributed by atoms with Gasteiger partial charge in [-0.15, -0.1) is 0 Å². The number of rotatable bonds is 6. The summed E-state index contributed by atoms with van der Waals surface area (Å²) in [5.41, 5.74) is 6.09. The normalized spacial score (nSPS) is 13.8. The molecule has 1 amide bonds. The third-order valence-corrected chi connectivity index (χ3v) is 4.43. The van der Waals surface area contributed by atoms with Crippen molar-refractivity contribution in [3.8, 4) is 0 Å². The van der Waals surface area contributed by atoms with E-state index in [1.54, 1.807) is 6.92 Å². The van der Waals surface area contributed by atoms with Crippen LogP contribution in [0.25, 0.3) is 0 Å². The summed E-state index contributed by atoms with van der Waals surface area (Å²) in [4.78, 5) is 11.9. The molecular weight excluding hydrogens is 267 g/mol. The van der Waals surface area contributed by atoms with E-state index in [1.165, 1.54) is 12.1 Å². The maximum absolute atomic E-state index is 12.9. The van der Waals surface area contributed by atoms with E-state index in [0.29, 0.717) is 11.4 Å². The Kier molecular flexibility index (Phi) is 5.95. The highest BCUT2D eigenvalue weighted by Gasteiger charge is 2.20. The molecule has 6 heteroatoms. The van der Waals surface area contributed by atoms with Gasteiger partial charge in [0.05, 0.1) is 11.4 Å². The predicted octanol–water partition coefficient (Wildman–Crippen LogP) is 2.28. The molecule has 0 aromatic heterocycles. The van der Waals surface area contributed by atoms with Crippen LogP contribution < -0.4 is 11.1 Å². The average Bonchev–Trinajstić information content (AvgIpc) is 2.38. The number of carbonyl (C=O) groups excluding carboxylic acids is 1. The van der Waals surface area contributed by atoms with Crippen molar-refractivity contribution in [1.82, 2.24) is 0 Å². The van der Waals surface area contributed by atoms with Crippen molar-refractivity contribution in [2.24, 2.45) is 0 Å². The van der Waals surface area contributed by atoms with Crippen LogP contribution in [0.1, 0.15) is 26.7 Å². The first-order valence-corrected chi connectivity index (χ1v) is 7.57. The number of halogens is 1. The summed E-state index contributed by atoms with van der Waals surface area (Å²) in [5, 5.41) is 1.96. The van der Waals surface area contributed by atoms with Crippen LogP contribution in [0.2, 0.25) is 0 Å². The SMILES string of the molecule is CCCCS(=O)C(C)C(=O)Nc1ccc(F)cc1N. The Morgan fingerprint density at radius 1 is 1.53 bits per heavy atom. The number of benzene rings is 1. The van der Waals surface area contributed by atoms with Gasteiger partial charge < -0.3 is 11.1 Å². The number of carbonyl (C=O) groups is 1. The Morgan fingerprint density at radius 3 is 2.79 bits per heavy atom. The molecule has 3 N–H and O–H groups in total. The molecule has 0 aliphatic rings. The quantitative estimate of drug-likeness (QED) is 0.788. The lowest BCUT2D eigenvalue weighted by Crippen LogP contribution is -2.30. The zero-order chi connectivity index (χ0) is 14.4. The number of anilines is 2. The van der Waals surface area contributed by atoms with Gasteiger partial charge in [0.2, 0.25) is 5.91 Å². The Balaban J connectivity index is 2.66. The van der Waals surface area contributed by atoms with Gasteiger partial charge in [-0.3, -0.25) is 9.00 Å². The number of nitrogens with one attached hydrogen (secondary N) is 1. The van der Waals surface area contributed by atoms with Crippen LogP contribution >= 0.6 is 0 Å². The summed E-state index contributed by atoms with van der Waals surface area (Å²) in [7, 11) is -1.21. The molecule has 0 bridgehead atoms. The minimum Gasteiger partial charge on any atom is -0.397 e. The average molecular weight is 286 g/mol. The number of amides is 1. The highest BCUT2D eigenvalue weighted by Crippen LogP contribution is 2.19. The van der Waals surface area contributed by atoms with Crippen LogP contribution in [0.3, 0.4) is 0 Å². The van der Waals surface area contributed by atoms with Gasteiger partial charge in [0, 0.05) is 16.6 Å². The lowest BCUT2D eigenvalue weighted by atomic mass is 10.2. The molecule has 0 saturated carbocycles. The molecule has 19 heavy (non-hydrogen) atoms. The van der Waals surface area contributed by atoms with E-state index in [-0.39, 0.29) is 11.6 Å². The van der Waals surface area contributed by atoms with Crippen LogP contribution in [-0.2, 0) is 15.6 Å². The van der Waals surface area contributed by atoms with Crippen LogP contribution in [-0.4, -0.2) is 21.1 Å². The van der Waals surface area contributed by atoms with Gasteiger partial charge in [0.15, 0.2) is 0 Å². The van der Waals surface area contributed by atoms with Crippen LogP contribution in [0.15, 0.2) is 18.2 Å². The number of hydrogen-bond donors (Lipinski definition) is 2. The lowest BCUT2D eigenvalue weighted by Gasteiger charge is -2.13. The number of unbranched alkanes of at least 4 members (excludes halogenated alkanes) is 1. The molecule has 2 unspecified atom stereocenters. The first-order valence-electron chi connectivity index (χ1n) is 6.18. The van der Waals surface area contributed by atoms with Gasteiger partial charge in [0.1, 0.15) is 11.1 Å². The zero-order valence-electron chi connectivity index (χ0n) is 11.1. The van der Waals surface area contributed by atoms with E-state index >= 15 is 0 Å². The Hall–Kier alpha value is -1.43. The molecule has 0 radical (unpaired) electrons. The predicted molar refractivity (Wildman–Crippen MR) is 76.8 cm³/mol. The van der Waals surface area contributed by atoms with Crippen molar-refractivity contribution in [2.45, 2.75) is 31.9 Å². The fourth-order valence-corrected chi connectivity index (χ4v) is 2.69. The Morgan fingerprint density at radius 2 is 2.21 bits per heavy atom. The highest BCUT2D eigenvalue weighted by molar-refractivity contribution is 7.86. The van der Waals surface area contributed by atoms with Crippen LogP contribution in [0.4, 0.5) is 15.8 Å². The fourth-order valence-electron chi connectivity index (χ4n) is 1.46. The van der Waals surface area contributed by atoms with E-state index < -0.39 is 21.9 Å². The highest BCUT2D eigenvalue weighted by atomic mass is 32.2. The number of nitrogen functional groups attached to an aromatic ring is 1. The maximum atomic E-state index is 12.9.